The van der Waals surface area contributed by atoms with Crippen molar-refractivity contribution in [1.29, 1.82) is 0 Å². The van der Waals surface area contributed by atoms with Gasteiger partial charge < -0.3 is 14.6 Å². The zero-order chi connectivity index (χ0) is 12.4. The third-order valence-corrected chi connectivity index (χ3v) is 2.66. The summed E-state index contributed by atoms with van der Waals surface area (Å²) in [5.41, 5.74) is 0.412. The molecule has 0 radical (unpaired) electrons. The third kappa shape index (κ3) is 2.28. The van der Waals surface area contributed by atoms with Gasteiger partial charge >= 0.3 is 0 Å². The molecule has 1 saturated heterocycles. The van der Waals surface area contributed by atoms with E-state index in [1.807, 2.05) is 0 Å². The summed E-state index contributed by atoms with van der Waals surface area (Å²) in [4.78, 5) is 10.4. The van der Waals surface area contributed by atoms with Crippen LogP contribution in [0.4, 0.5) is 5.69 Å². The summed E-state index contributed by atoms with van der Waals surface area (Å²) in [6.07, 6.45) is -1.64. The molecule has 0 amide bonds. The molecule has 0 aliphatic carbocycles. The van der Waals surface area contributed by atoms with Crippen LogP contribution in [0.15, 0.2) is 24.3 Å². The number of para-hydroxylation sites is 1. The van der Waals surface area contributed by atoms with Crippen molar-refractivity contribution in [2.75, 3.05) is 6.61 Å². The van der Waals surface area contributed by atoms with Gasteiger partial charge in [-0.25, -0.2) is 0 Å². The molecule has 17 heavy (non-hydrogen) atoms. The Labute approximate surface area is 97.9 Å². The van der Waals surface area contributed by atoms with E-state index in [1.165, 1.54) is 6.07 Å². The summed E-state index contributed by atoms with van der Waals surface area (Å²) in [6.45, 7) is 1.46. The predicted molar refractivity (Wildman–Crippen MR) is 58.3 cm³/mol. The molecule has 0 aromatic heterocycles. The van der Waals surface area contributed by atoms with E-state index < -0.39 is 23.4 Å². The second kappa shape index (κ2) is 4.79. The second-order valence-corrected chi connectivity index (χ2v) is 3.80. The maximum atomic E-state index is 10.9. The van der Waals surface area contributed by atoms with Crippen molar-refractivity contribution in [2.24, 2.45) is 0 Å². The fraction of sp³-hybridized carbons (Fsp3) is 0.455. The summed E-state index contributed by atoms with van der Waals surface area (Å²) in [5.74, 6) is 0. The zero-order valence-corrected chi connectivity index (χ0v) is 9.28. The molecule has 6 heteroatoms. The summed E-state index contributed by atoms with van der Waals surface area (Å²) < 4.78 is 10.8. The molecule has 1 aliphatic rings. The van der Waals surface area contributed by atoms with Crippen LogP contribution in [0, 0.1) is 10.1 Å². The Balaban J connectivity index is 2.36. The van der Waals surface area contributed by atoms with Crippen molar-refractivity contribution in [3.63, 3.8) is 0 Å². The number of aliphatic hydroxyl groups is 1. The van der Waals surface area contributed by atoms with Crippen molar-refractivity contribution >= 4 is 5.69 Å². The largest absolute Gasteiger partial charge is 0.394 e. The van der Waals surface area contributed by atoms with Crippen molar-refractivity contribution in [3.05, 3.63) is 39.9 Å². The third-order valence-electron chi connectivity index (χ3n) is 2.66. The molecule has 1 aliphatic heterocycles. The molecule has 1 aromatic rings. The molecule has 1 N–H and O–H groups in total. The molecule has 0 saturated carbocycles. The van der Waals surface area contributed by atoms with E-state index in [1.54, 1.807) is 25.1 Å². The number of aliphatic hydroxyl groups excluding tert-OH is 1. The molecule has 0 bridgehead atoms. The van der Waals surface area contributed by atoms with Crippen molar-refractivity contribution in [3.8, 4) is 0 Å². The molecule has 0 unspecified atom stereocenters. The predicted octanol–water partition coefficient (Wildman–Crippen LogP) is 1.39. The maximum absolute atomic E-state index is 10.9. The first kappa shape index (κ1) is 12.0. The Bertz CT molecular complexity index is 422. The van der Waals surface area contributed by atoms with Crippen LogP contribution in [-0.2, 0) is 9.47 Å². The molecule has 1 heterocycles. The second-order valence-electron chi connectivity index (χ2n) is 3.80. The van der Waals surface area contributed by atoms with Crippen LogP contribution < -0.4 is 0 Å². The first-order valence-electron chi connectivity index (χ1n) is 5.28. The van der Waals surface area contributed by atoms with Gasteiger partial charge in [-0.3, -0.25) is 10.1 Å². The highest BCUT2D eigenvalue weighted by atomic mass is 16.7. The molecule has 3 atom stereocenters. The van der Waals surface area contributed by atoms with Crippen LogP contribution in [0.25, 0.3) is 0 Å². The van der Waals surface area contributed by atoms with Crippen molar-refractivity contribution < 1.29 is 19.5 Å². The van der Waals surface area contributed by atoms with E-state index >= 15 is 0 Å². The van der Waals surface area contributed by atoms with Gasteiger partial charge in [0.1, 0.15) is 12.2 Å². The molecule has 2 rings (SSSR count). The Morgan fingerprint density at radius 3 is 2.76 bits per heavy atom. The lowest BCUT2D eigenvalue weighted by Crippen LogP contribution is -2.20. The minimum Gasteiger partial charge on any atom is -0.394 e. The molecular formula is C11H13NO5. The van der Waals surface area contributed by atoms with Gasteiger partial charge in [0.2, 0.25) is 0 Å². The van der Waals surface area contributed by atoms with Gasteiger partial charge in [-0.15, -0.1) is 0 Å². The highest BCUT2D eigenvalue weighted by molar-refractivity contribution is 5.42. The number of nitro groups is 1. The highest BCUT2D eigenvalue weighted by Gasteiger charge is 2.37. The lowest BCUT2D eigenvalue weighted by molar-refractivity contribution is -0.386. The normalized spacial score (nSPS) is 28.2. The summed E-state index contributed by atoms with van der Waals surface area (Å²) in [6, 6.07) is 6.32. The average molecular weight is 239 g/mol. The van der Waals surface area contributed by atoms with Crippen LogP contribution >= 0.6 is 0 Å². The smallest absolute Gasteiger partial charge is 0.275 e. The monoisotopic (exact) mass is 239 g/mol. The first-order chi connectivity index (χ1) is 8.13. The number of nitrogens with zero attached hydrogens (tertiary/aromatic N) is 1. The standard InChI is InChI=1S/C11H13NO5/c1-7-16-10(6-13)11(17-7)8-4-2-3-5-9(8)12(14)15/h2-5,7,10-11,13H,6H2,1H3/t7-,10+,11+/m0/s1. The Morgan fingerprint density at radius 2 is 2.12 bits per heavy atom. The van der Waals surface area contributed by atoms with E-state index in [4.69, 9.17) is 9.47 Å². The average Bonchev–Trinajstić information content (AvgIpc) is 2.70. The van der Waals surface area contributed by atoms with Gasteiger partial charge in [0.05, 0.1) is 17.1 Å². The van der Waals surface area contributed by atoms with Gasteiger partial charge in [0.25, 0.3) is 5.69 Å². The van der Waals surface area contributed by atoms with Crippen molar-refractivity contribution in [2.45, 2.75) is 25.4 Å². The van der Waals surface area contributed by atoms with Crippen LogP contribution in [0.1, 0.15) is 18.6 Å². The van der Waals surface area contributed by atoms with Gasteiger partial charge in [0, 0.05) is 6.07 Å². The lowest BCUT2D eigenvalue weighted by atomic mass is 10.0. The first-order valence-corrected chi connectivity index (χ1v) is 5.28. The number of nitro benzene ring substituents is 1. The Morgan fingerprint density at radius 1 is 1.41 bits per heavy atom. The fourth-order valence-corrected chi connectivity index (χ4v) is 1.95. The molecular weight excluding hydrogens is 226 g/mol. The van der Waals surface area contributed by atoms with Crippen LogP contribution in [0.3, 0.4) is 0 Å². The number of rotatable bonds is 3. The molecule has 92 valence electrons. The number of benzene rings is 1. The van der Waals surface area contributed by atoms with Gasteiger partial charge in [-0.05, 0) is 13.0 Å². The van der Waals surface area contributed by atoms with Crippen molar-refractivity contribution in [1.82, 2.24) is 0 Å². The molecule has 1 aromatic carbocycles. The van der Waals surface area contributed by atoms with Gasteiger partial charge in [0.15, 0.2) is 6.29 Å². The van der Waals surface area contributed by atoms with E-state index in [2.05, 4.69) is 0 Å². The van der Waals surface area contributed by atoms with E-state index in [0.29, 0.717) is 5.56 Å². The molecule has 1 fully saturated rings. The van der Waals surface area contributed by atoms with E-state index in [-0.39, 0.29) is 12.3 Å². The van der Waals surface area contributed by atoms with Crippen LogP contribution in [-0.4, -0.2) is 29.0 Å². The molecule has 0 spiro atoms. The Kier molecular flexibility index (Phi) is 3.37. The van der Waals surface area contributed by atoms with E-state index in [0.717, 1.165) is 0 Å². The molecule has 6 nitrogen and oxygen atoms in total. The topological polar surface area (TPSA) is 81.8 Å². The Hall–Kier alpha value is -1.50. The van der Waals surface area contributed by atoms with E-state index in [9.17, 15) is 15.2 Å². The fourth-order valence-electron chi connectivity index (χ4n) is 1.95. The SMILES string of the molecule is C[C@@H]1O[C@H](c2ccccc2[N+](=O)[O-])[C@@H](CO)O1. The lowest BCUT2D eigenvalue weighted by Gasteiger charge is -2.14. The summed E-state index contributed by atoms with van der Waals surface area (Å²) in [7, 11) is 0. The highest BCUT2D eigenvalue weighted by Crippen LogP contribution is 2.36. The maximum Gasteiger partial charge on any atom is 0.275 e. The van der Waals surface area contributed by atoms with Gasteiger partial charge in [-0.2, -0.15) is 0 Å². The quantitative estimate of drug-likeness (QED) is 0.636. The zero-order valence-electron chi connectivity index (χ0n) is 9.28. The number of ether oxygens (including phenoxy) is 2. The summed E-state index contributed by atoms with van der Waals surface area (Å²) in [5, 5.41) is 20.1. The summed E-state index contributed by atoms with van der Waals surface area (Å²) >= 11 is 0. The minimum absolute atomic E-state index is 0.0198. The van der Waals surface area contributed by atoms with Crippen LogP contribution in [0.5, 0.6) is 0 Å². The number of hydrogen-bond donors (Lipinski definition) is 1. The van der Waals surface area contributed by atoms with Gasteiger partial charge in [-0.1, -0.05) is 12.1 Å². The number of hydrogen-bond acceptors (Lipinski definition) is 5. The van der Waals surface area contributed by atoms with Crippen LogP contribution in [0.2, 0.25) is 0 Å². The minimum atomic E-state index is -0.600.